The predicted octanol–water partition coefficient (Wildman–Crippen LogP) is 4.59. The van der Waals surface area contributed by atoms with Crippen molar-refractivity contribution in [2.45, 2.75) is 20.8 Å². The molecule has 3 aromatic rings. The lowest BCUT2D eigenvalue weighted by Gasteiger charge is -2.06. The van der Waals surface area contributed by atoms with Crippen molar-refractivity contribution < 1.29 is 9.52 Å². The van der Waals surface area contributed by atoms with Crippen LogP contribution < -0.4 is 5.63 Å². The molecule has 0 aliphatic rings. The Morgan fingerprint density at radius 2 is 1.65 bits per heavy atom. The van der Waals surface area contributed by atoms with Crippen molar-refractivity contribution in [2.75, 3.05) is 0 Å². The molecule has 116 valence electrons. The quantitative estimate of drug-likeness (QED) is 0.704. The Hall–Kier alpha value is -2.81. The molecule has 0 aliphatic carbocycles. The second-order valence-electron chi connectivity index (χ2n) is 5.76. The third kappa shape index (κ3) is 2.78. The molecule has 0 amide bonds. The number of rotatable bonds is 2. The van der Waals surface area contributed by atoms with E-state index in [0.29, 0.717) is 16.9 Å². The maximum absolute atomic E-state index is 12.2. The van der Waals surface area contributed by atoms with Crippen molar-refractivity contribution in [3.8, 4) is 5.75 Å². The van der Waals surface area contributed by atoms with Gasteiger partial charge in [-0.3, -0.25) is 0 Å². The van der Waals surface area contributed by atoms with E-state index in [4.69, 9.17) is 4.42 Å². The van der Waals surface area contributed by atoms with Crippen LogP contribution in [0.1, 0.15) is 27.8 Å². The SMILES string of the molecule is Cc1cc(/C=C/c2c(C)c3ccccc3oc2=O)cc(C)c1O. The van der Waals surface area contributed by atoms with E-state index < -0.39 is 0 Å². The first-order valence-corrected chi connectivity index (χ1v) is 7.48. The summed E-state index contributed by atoms with van der Waals surface area (Å²) in [4.78, 5) is 12.2. The minimum Gasteiger partial charge on any atom is -0.507 e. The van der Waals surface area contributed by atoms with Crippen molar-refractivity contribution in [2.24, 2.45) is 0 Å². The van der Waals surface area contributed by atoms with Crippen LogP contribution in [0.15, 0.2) is 45.6 Å². The van der Waals surface area contributed by atoms with Gasteiger partial charge < -0.3 is 9.52 Å². The average Bonchev–Trinajstić information content (AvgIpc) is 2.52. The molecule has 3 nitrogen and oxygen atoms in total. The van der Waals surface area contributed by atoms with Crippen LogP contribution in [0.25, 0.3) is 23.1 Å². The Morgan fingerprint density at radius 3 is 2.35 bits per heavy atom. The molecule has 0 fully saturated rings. The fourth-order valence-electron chi connectivity index (χ4n) is 2.78. The third-order valence-electron chi connectivity index (χ3n) is 4.07. The van der Waals surface area contributed by atoms with E-state index >= 15 is 0 Å². The molecule has 1 aromatic heterocycles. The Bertz CT molecular complexity index is 955. The molecule has 0 saturated heterocycles. The van der Waals surface area contributed by atoms with E-state index in [1.54, 1.807) is 12.1 Å². The van der Waals surface area contributed by atoms with Gasteiger partial charge in [0.15, 0.2) is 0 Å². The number of phenolic OH excluding ortho intramolecular Hbond substituents is 1. The number of hydrogen-bond acceptors (Lipinski definition) is 3. The first-order valence-electron chi connectivity index (χ1n) is 7.48. The van der Waals surface area contributed by atoms with Crippen LogP contribution >= 0.6 is 0 Å². The molecule has 0 unspecified atom stereocenters. The van der Waals surface area contributed by atoms with Crippen LogP contribution in [-0.2, 0) is 0 Å². The molecule has 0 radical (unpaired) electrons. The van der Waals surface area contributed by atoms with Crippen LogP contribution in [0.3, 0.4) is 0 Å². The molecule has 0 saturated carbocycles. The fourth-order valence-corrected chi connectivity index (χ4v) is 2.78. The van der Waals surface area contributed by atoms with Crippen molar-refractivity contribution in [1.29, 1.82) is 0 Å². The van der Waals surface area contributed by atoms with E-state index in [1.165, 1.54) is 0 Å². The Kier molecular flexibility index (Phi) is 3.78. The number of aryl methyl sites for hydroxylation is 3. The third-order valence-corrected chi connectivity index (χ3v) is 4.07. The van der Waals surface area contributed by atoms with E-state index in [9.17, 15) is 9.90 Å². The van der Waals surface area contributed by atoms with Crippen LogP contribution in [0, 0.1) is 20.8 Å². The molecule has 2 aromatic carbocycles. The first kappa shape index (κ1) is 15.1. The molecule has 0 spiro atoms. The van der Waals surface area contributed by atoms with Crippen molar-refractivity contribution in [1.82, 2.24) is 0 Å². The molecular weight excluding hydrogens is 288 g/mol. The topological polar surface area (TPSA) is 50.4 Å². The number of para-hydroxylation sites is 1. The van der Waals surface area contributed by atoms with E-state index in [2.05, 4.69) is 0 Å². The summed E-state index contributed by atoms with van der Waals surface area (Å²) in [5.74, 6) is 0.309. The summed E-state index contributed by atoms with van der Waals surface area (Å²) in [5.41, 5.74) is 4.27. The molecule has 0 atom stereocenters. The number of phenols is 1. The summed E-state index contributed by atoms with van der Waals surface area (Å²) < 4.78 is 5.38. The molecule has 0 aliphatic heterocycles. The van der Waals surface area contributed by atoms with Crippen molar-refractivity contribution in [3.63, 3.8) is 0 Å². The lowest BCUT2D eigenvalue weighted by Crippen LogP contribution is -2.05. The summed E-state index contributed by atoms with van der Waals surface area (Å²) >= 11 is 0. The lowest BCUT2D eigenvalue weighted by molar-refractivity contribution is 0.467. The molecule has 1 heterocycles. The van der Waals surface area contributed by atoms with Gasteiger partial charge >= 0.3 is 5.63 Å². The van der Waals surface area contributed by atoms with Gasteiger partial charge in [0.1, 0.15) is 11.3 Å². The van der Waals surface area contributed by atoms with Gasteiger partial charge in [-0.15, -0.1) is 0 Å². The predicted molar refractivity (Wildman–Crippen MR) is 93.7 cm³/mol. The Balaban J connectivity index is 2.10. The highest BCUT2D eigenvalue weighted by molar-refractivity contribution is 5.85. The number of benzene rings is 2. The van der Waals surface area contributed by atoms with Gasteiger partial charge in [-0.2, -0.15) is 0 Å². The maximum atomic E-state index is 12.2. The molecular formula is C20H18O3. The molecule has 1 N–H and O–H groups in total. The fraction of sp³-hybridized carbons (Fsp3) is 0.150. The van der Waals surface area contributed by atoms with Gasteiger partial charge in [0.05, 0.1) is 5.56 Å². The zero-order chi connectivity index (χ0) is 16.6. The largest absolute Gasteiger partial charge is 0.507 e. The minimum atomic E-state index is -0.343. The lowest BCUT2D eigenvalue weighted by atomic mass is 10.0. The van der Waals surface area contributed by atoms with Crippen LogP contribution in [-0.4, -0.2) is 5.11 Å². The summed E-state index contributed by atoms with van der Waals surface area (Å²) in [6.45, 7) is 5.64. The summed E-state index contributed by atoms with van der Waals surface area (Å²) in [7, 11) is 0. The molecule has 0 bridgehead atoms. The number of hydrogen-bond donors (Lipinski definition) is 1. The highest BCUT2D eigenvalue weighted by atomic mass is 16.4. The second-order valence-corrected chi connectivity index (χ2v) is 5.76. The van der Waals surface area contributed by atoms with Gasteiger partial charge in [-0.1, -0.05) is 24.3 Å². The van der Waals surface area contributed by atoms with Gasteiger partial charge in [-0.25, -0.2) is 4.79 Å². The van der Waals surface area contributed by atoms with Gasteiger partial charge in [0.2, 0.25) is 0 Å². The molecule has 3 rings (SSSR count). The van der Waals surface area contributed by atoms with E-state index in [1.807, 2.05) is 57.2 Å². The summed E-state index contributed by atoms with van der Waals surface area (Å²) in [5, 5.41) is 10.8. The smallest absolute Gasteiger partial charge is 0.343 e. The zero-order valence-corrected chi connectivity index (χ0v) is 13.4. The monoisotopic (exact) mass is 306 g/mol. The van der Waals surface area contributed by atoms with E-state index in [-0.39, 0.29) is 5.63 Å². The standard InChI is InChI=1S/C20H18O3/c1-12-10-15(11-13(2)19(12)21)8-9-17-14(3)16-6-4-5-7-18(16)23-20(17)22/h4-11,21H,1-3H3/b9-8+. The van der Waals surface area contributed by atoms with Crippen LogP contribution in [0.5, 0.6) is 5.75 Å². The first-order chi connectivity index (χ1) is 11.0. The van der Waals surface area contributed by atoms with E-state index in [0.717, 1.165) is 27.6 Å². The number of aromatic hydroxyl groups is 1. The van der Waals surface area contributed by atoms with Gasteiger partial charge in [0.25, 0.3) is 0 Å². The summed E-state index contributed by atoms with van der Waals surface area (Å²) in [6.07, 6.45) is 3.65. The second kappa shape index (κ2) is 5.76. The van der Waals surface area contributed by atoms with Crippen molar-refractivity contribution in [3.05, 3.63) is 74.6 Å². The average molecular weight is 306 g/mol. The molecule has 3 heteroatoms. The zero-order valence-electron chi connectivity index (χ0n) is 13.4. The maximum Gasteiger partial charge on any atom is 0.343 e. The Morgan fingerprint density at radius 1 is 1.00 bits per heavy atom. The van der Waals surface area contributed by atoms with Gasteiger partial charge in [0, 0.05) is 5.39 Å². The van der Waals surface area contributed by atoms with Crippen LogP contribution in [0.4, 0.5) is 0 Å². The normalized spacial score (nSPS) is 11.4. The minimum absolute atomic E-state index is 0.309. The van der Waals surface area contributed by atoms with Crippen LogP contribution in [0.2, 0.25) is 0 Å². The highest BCUT2D eigenvalue weighted by Gasteiger charge is 2.08. The summed E-state index contributed by atoms with van der Waals surface area (Å²) in [6, 6.07) is 11.3. The highest BCUT2D eigenvalue weighted by Crippen LogP contribution is 2.25. The Labute approximate surface area is 134 Å². The van der Waals surface area contributed by atoms with Gasteiger partial charge in [-0.05, 0) is 67.3 Å². The number of fused-ring (bicyclic) bond motifs is 1. The van der Waals surface area contributed by atoms with Crippen molar-refractivity contribution >= 4 is 23.1 Å². The molecule has 23 heavy (non-hydrogen) atoms.